The van der Waals surface area contributed by atoms with Crippen LogP contribution in [-0.4, -0.2) is 28.6 Å². The molecule has 3 N–H and O–H groups in total. The second kappa shape index (κ2) is 5.46. The van der Waals surface area contributed by atoms with Gasteiger partial charge in [-0.1, -0.05) is 13.8 Å². The Morgan fingerprint density at radius 1 is 1.56 bits per heavy atom. The van der Waals surface area contributed by atoms with Crippen molar-refractivity contribution in [1.29, 1.82) is 0 Å². The van der Waals surface area contributed by atoms with Crippen molar-refractivity contribution in [2.24, 2.45) is 5.92 Å². The smallest absolute Gasteiger partial charge is 0.251 e. The largest absolute Gasteiger partial charge is 0.394 e. The molecular formula is C11H16N2O3. The number of hydrogen-bond donors (Lipinski definition) is 3. The standard InChI is InChI=1S/C11H16N2O3/c1-7(2)9(6-14)13-11(16)8-3-4-12-10(15)5-8/h3-5,7,9,14H,6H2,1-2H3,(H,12,15)(H,13,16). The number of amides is 1. The van der Waals surface area contributed by atoms with E-state index in [-0.39, 0.29) is 30.0 Å². The van der Waals surface area contributed by atoms with E-state index in [1.54, 1.807) is 0 Å². The number of carbonyl (C=O) groups is 1. The average Bonchev–Trinajstić information content (AvgIpc) is 2.25. The van der Waals surface area contributed by atoms with Gasteiger partial charge in [-0.2, -0.15) is 0 Å². The minimum atomic E-state index is -0.348. The van der Waals surface area contributed by atoms with Crippen LogP contribution in [0.4, 0.5) is 0 Å². The molecule has 0 fully saturated rings. The SMILES string of the molecule is CC(C)C(CO)NC(=O)c1cc[nH]c(=O)c1. The summed E-state index contributed by atoms with van der Waals surface area (Å²) in [6.45, 7) is 3.69. The van der Waals surface area contributed by atoms with Crippen molar-refractivity contribution in [1.82, 2.24) is 10.3 Å². The van der Waals surface area contributed by atoms with Crippen LogP contribution in [0.3, 0.4) is 0 Å². The Kier molecular flexibility index (Phi) is 4.25. The summed E-state index contributed by atoms with van der Waals surface area (Å²) in [7, 11) is 0. The molecule has 0 aromatic carbocycles. The van der Waals surface area contributed by atoms with Crippen LogP contribution >= 0.6 is 0 Å². The Morgan fingerprint density at radius 2 is 2.25 bits per heavy atom. The Hall–Kier alpha value is -1.62. The van der Waals surface area contributed by atoms with Crippen LogP contribution in [0.2, 0.25) is 0 Å². The Labute approximate surface area is 93.5 Å². The van der Waals surface area contributed by atoms with Crippen molar-refractivity contribution in [3.63, 3.8) is 0 Å². The van der Waals surface area contributed by atoms with Crippen LogP contribution in [0.25, 0.3) is 0 Å². The number of aromatic amines is 1. The lowest BCUT2D eigenvalue weighted by atomic mass is 10.1. The first kappa shape index (κ1) is 12.4. The van der Waals surface area contributed by atoms with E-state index in [1.807, 2.05) is 13.8 Å². The summed E-state index contributed by atoms with van der Waals surface area (Å²) in [6, 6.07) is 2.45. The van der Waals surface area contributed by atoms with Gasteiger partial charge in [-0.3, -0.25) is 9.59 Å². The van der Waals surface area contributed by atoms with Gasteiger partial charge < -0.3 is 15.4 Å². The number of H-pyrrole nitrogens is 1. The zero-order chi connectivity index (χ0) is 12.1. The number of nitrogens with one attached hydrogen (secondary N) is 2. The van der Waals surface area contributed by atoms with Gasteiger partial charge in [0.15, 0.2) is 0 Å². The Bertz CT molecular complexity index is 412. The molecular weight excluding hydrogens is 208 g/mol. The quantitative estimate of drug-likeness (QED) is 0.679. The molecule has 5 heteroatoms. The van der Waals surface area contributed by atoms with Gasteiger partial charge >= 0.3 is 0 Å². The predicted octanol–water partition coefficient (Wildman–Crippen LogP) is 0.122. The third-order valence-corrected chi connectivity index (χ3v) is 2.36. The topological polar surface area (TPSA) is 82.2 Å². The summed E-state index contributed by atoms with van der Waals surface area (Å²) in [5.74, 6) is -0.213. The molecule has 0 aliphatic carbocycles. The van der Waals surface area contributed by atoms with Gasteiger partial charge in [-0.05, 0) is 12.0 Å². The van der Waals surface area contributed by atoms with E-state index in [9.17, 15) is 9.59 Å². The molecule has 16 heavy (non-hydrogen) atoms. The van der Waals surface area contributed by atoms with Crippen molar-refractivity contribution in [3.05, 3.63) is 34.2 Å². The van der Waals surface area contributed by atoms with Crippen LogP contribution in [0.5, 0.6) is 0 Å². The Morgan fingerprint density at radius 3 is 2.75 bits per heavy atom. The normalized spacial score (nSPS) is 12.5. The number of aliphatic hydroxyl groups excluding tert-OH is 1. The fraction of sp³-hybridized carbons (Fsp3) is 0.455. The zero-order valence-electron chi connectivity index (χ0n) is 9.36. The van der Waals surface area contributed by atoms with Gasteiger partial charge in [0, 0.05) is 17.8 Å². The average molecular weight is 224 g/mol. The number of hydrogen-bond acceptors (Lipinski definition) is 3. The Balaban J connectivity index is 2.75. The van der Waals surface area contributed by atoms with Gasteiger partial charge in [-0.15, -0.1) is 0 Å². The molecule has 1 unspecified atom stereocenters. The summed E-state index contributed by atoms with van der Waals surface area (Å²) >= 11 is 0. The first-order chi connectivity index (χ1) is 7.54. The van der Waals surface area contributed by atoms with Gasteiger partial charge in [-0.25, -0.2) is 0 Å². The first-order valence-corrected chi connectivity index (χ1v) is 5.15. The van der Waals surface area contributed by atoms with Crippen LogP contribution < -0.4 is 10.9 Å². The van der Waals surface area contributed by atoms with E-state index >= 15 is 0 Å². The highest BCUT2D eigenvalue weighted by Crippen LogP contribution is 2.02. The lowest BCUT2D eigenvalue weighted by molar-refractivity contribution is 0.0896. The molecule has 1 aromatic heterocycles. The van der Waals surface area contributed by atoms with Gasteiger partial charge in [0.1, 0.15) is 0 Å². The molecule has 0 radical (unpaired) electrons. The molecule has 1 aromatic rings. The lowest BCUT2D eigenvalue weighted by Gasteiger charge is -2.19. The van der Waals surface area contributed by atoms with E-state index in [4.69, 9.17) is 5.11 Å². The first-order valence-electron chi connectivity index (χ1n) is 5.15. The fourth-order valence-corrected chi connectivity index (χ4v) is 1.26. The molecule has 1 heterocycles. The number of aliphatic hydroxyl groups is 1. The van der Waals surface area contributed by atoms with Crippen LogP contribution in [-0.2, 0) is 0 Å². The van der Waals surface area contributed by atoms with Crippen LogP contribution in [0.15, 0.2) is 23.1 Å². The summed E-state index contributed by atoms with van der Waals surface area (Å²) in [5, 5.41) is 11.7. The van der Waals surface area contributed by atoms with Crippen molar-refractivity contribution < 1.29 is 9.90 Å². The predicted molar refractivity (Wildman–Crippen MR) is 60.2 cm³/mol. The zero-order valence-corrected chi connectivity index (χ0v) is 9.36. The van der Waals surface area contributed by atoms with Crippen LogP contribution in [0, 0.1) is 5.92 Å². The second-order valence-electron chi connectivity index (χ2n) is 3.95. The summed E-state index contributed by atoms with van der Waals surface area (Å²) in [4.78, 5) is 25.1. The molecule has 0 aliphatic rings. The highest BCUT2D eigenvalue weighted by molar-refractivity contribution is 5.94. The third kappa shape index (κ3) is 3.20. The van der Waals surface area contributed by atoms with E-state index in [0.717, 1.165) is 0 Å². The maximum absolute atomic E-state index is 11.7. The number of aromatic nitrogens is 1. The highest BCUT2D eigenvalue weighted by Gasteiger charge is 2.16. The van der Waals surface area contributed by atoms with E-state index in [0.29, 0.717) is 5.56 Å². The molecule has 0 bridgehead atoms. The minimum Gasteiger partial charge on any atom is -0.394 e. The van der Waals surface area contributed by atoms with E-state index in [2.05, 4.69) is 10.3 Å². The van der Waals surface area contributed by atoms with Gasteiger partial charge in [0.25, 0.3) is 5.91 Å². The number of carbonyl (C=O) groups excluding carboxylic acids is 1. The summed E-state index contributed by atoms with van der Waals surface area (Å²) < 4.78 is 0. The fourth-order valence-electron chi connectivity index (χ4n) is 1.26. The molecule has 1 rings (SSSR count). The molecule has 0 aliphatic heterocycles. The van der Waals surface area contributed by atoms with Crippen molar-refractivity contribution >= 4 is 5.91 Å². The molecule has 0 saturated carbocycles. The van der Waals surface area contributed by atoms with Crippen LogP contribution in [0.1, 0.15) is 24.2 Å². The molecule has 1 atom stereocenters. The molecule has 0 spiro atoms. The molecule has 5 nitrogen and oxygen atoms in total. The van der Waals surface area contributed by atoms with Gasteiger partial charge in [0.2, 0.25) is 5.56 Å². The van der Waals surface area contributed by atoms with Crippen molar-refractivity contribution in [2.75, 3.05) is 6.61 Å². The van der Waals surface area contributed by atoms with Gasteiger partial charge in [0.05, 0.1) is 12.6 Å². The van der Waals surface area contributed by atoms with E-state index < -0.39 is 0 Å². The maximum Gasteiger partial charge on any atom is 0.251 e. The van der Waals surface area contributed by atoms with E-state index in [1.165, 1.54) is 18.3 Å². The minimum absolute atomic E-state index is 0.118. The lowest BCUT2D eigenvalue weighted by Crippen LogP contribution is -2.41. The summed E-state index contributed by atoms with van der Waals surface area (Å²) in [5.41, 5.74) is -0.0272. The van der Waals surface area contributed by atoms with Crippen molar-refractivity contribution in [3.8, 4) is 0 Å². The molecule has 0 saturated heterocycles. The summed E-state index contributed by atoms with van der Waals surface area (Å²) in [6.07, 6.45) is 1.42. The third-order valence-electron chi connectivity index (χ3n) is 2.36. The monoisotopic (exact) mass is 224 g/mol. The molecule has 88 valence electrons. The molecule has 1 amide bonds. The number of rotatable bonds is 4. The van der Waals surface area contributed by atoms with Crippen molar-refractivity contribution in [2.45, 2.75) is 19.9 Å². The second-order valence-corrected chi connectivity index (χ2v) is 3.95. The number of pyridine rings is 1. The maximum atomic E-state index is 11.7. The highest BCUT2D eigenvalue weighted by atomic mass is 16.3.